The van der Waals surface area contributed by atoms with Crippen molar-refractivity contribution in [2.24, 2.45) is 11.8 Å². The van der Waals surface area contributed by atoms with E-state index in [4.69, 9.17) is 0 Å². The maximum absolute atomic E-state index is 14.0. The molecule has 10 nitrogen and oxygen atoms in total. The van der Waals surface area contributed by atoms with Gasteiger partial charge in [0, 0.05) is 51.2 Å². The number of sulfonamides is 1. The van der Waals surface area contributed by atoms with E-state index in [0.29, 0.717) is 38.8 Å². The summed E-state index contributed by atoms with van der Waals surface area (Å²) < 4.78 is 56.3. The van der Waals surface area contributed by atoms with Crippen molar-refractivity contribution in [1.29, 1.82) is 0 Å². The molecule has 2 aliphatic carbocycles. The van der Waals surface area contributed by atoms with Crippen LogP contribution in [0.4, 0.5) is 13.6 Å². The molecule has 6 atom stereocenters. The first-order chi connectivity index (χ1) is 17.1. The number of fused-ring (bicyclic) bond motifs is 1. The predicted octanol–water partition coefficient (Wildman–Crippen LogP) is 0.713. The molecule has 0 aromatic heterocycles. The number of halogens is 2. The average molecular weight is 533 g/mol. The average Bonchev–Trinajstić information content (AvgIpc) is 3.49. The summed E-state index contributed by atoms with van der Waals surface area (Å²) in [5, 5.41) is 4.04. The number of rotatable bonds is 8. The predicted molar refractivity (Wildman–Crippen MR) is 129 cm³/mol. The van der Waals surface area contributed by atoms with Gasteiger partial charge in [-0.1, -0.05) is 0 Å². The molecule has 0 aromatic carbocycles. The zero-order valence-electron chi connectivity index (χ0n) is 20.8. The minimum absolute atomic E-state index is 0.0633. The second kappa shape index (κ2) is 10.0. The Hall–Kier alpha value is -1.41. The summed E-state index contributed by atoms with van der Waals surface area (Å²) in [6.07, 6.45) is 2.48. The standard InChI is InChI=1S/C23H38F2N6O4S/c1-29-11-15(10-26-29)12-31-21(32)18-9-17(36(34,35)28-23(14-24)7-8-23)5-6-19(18)30(22(31)33)13-16-3-2-4-20(25)27-16/h15-20,26-28H,2-14H2,1H3. The Morgan fingerprint density at radius 1 is 1.14 bits per heavy atom. The highest BCUT2D eigenvalue weighted by atomic mass is 32.2. The van der Waals surface area contributed by atoms with Crippen molar-refractivity contribution in [2.75, 3.05) is 39.9 Å². The van der Waals surface area contributed by atoms with Crippen LogP contribution < -0.4 is 15.5 Å². The van der Waals surface area contributed by atoms with Gasteiger partial charge in [-0.15, -0.1) is 0 Å². The number of amides is 3. The van der Waals surface area contributed by atoms with E-state index in [9.17, 15) is 26.8 Å². The van der Waals surface area contributed by atoms with Crippen LogP contribution in [-0.4, -0.2) is 104 Å². The summed E-state index contributed by atoms with van der Waals surface area (Å²) in [4.78, 5) is 30.3. The molecule has 5 fully saturated rings. The molecule has 3 heterocycles. The van der Waals surface area contributed by atoms with Crippen molar-refractivity contribution in [1.82, 2.24) is 30.3 Å². The molecular weight excluding hydrogens is 494 g/mol. The van der Waals surface area contributed by atoms with E-state index >= 15 is 0 Å². The highest BCUT2D eigenvalue weighted by molar-refractivity contribution is 7.90. The van der Waals surface area contributed by atoms with E-state index in [2.05, 4.69) is 15.5 Å². The third kappa shape index (κ3) is 5.27. The second-order valence-electron chi connectivity index (χ2n) is 11.4. The van der Waals surface area contributed by atoms with Gasteiger partial charge in [0.15, 0.2) is 6.30 Å². The third-order valence-corrected chi connectivity index (χ3v) is 10.6. The van der Waals surface area contributed by atoms with Crippen LogP contribution in [0.3, 0.4) is 0 Å². The summed E-state index contributed by atoms with van der Waals surface area (Å²) >= 11 is 0. The molecule has 0 spiro atoms. The Balaban J connectivity index is 1.36. The summed E-state index contributed by atoms with van der Waals surface area (Å²) in [5.41, 5.74) is 2.20. The van der Waals surface area contributed by atoms with Crippen molar-refractivity contribution in [3.63, 3.8) is 0 Å². The first kappa shape index (κ1) is 26.2. The number of nitrogens with one attached hydrogen (secondary N) is 3. The lowest BCUT2D eigenvalue weighted by Gasteiger charge is -2.49. The van der Waals surface area contributed by atoms with E-state index in [-0.39, 0.29) is 49.8 Å². The topological polar surface area (TPSA) is 114 Å². The molecule has 0 aromatic rings. The first-order valence-corrected chi connectivity index (χ1v) is 14.7. The van der Waals surface area contributed by atoms with Gasteiger partial charge in [0.1, 0.15) is 6.67 Å². The fourth-order valence-corrected chi connectivity index (χ4v) is 8.27. The maximum Gasteiger partial charge on any atom is 0.327 e. The van der Waals surface area contributed by atoms with Crippen LogP contribution in [0.25, 0.3) is 0 Å². The first-order valence-electron chi connectivity index (χ1n) is 13.2. The zero-order valence-corrected chi connectivity index (χ0v) is 21.6. The van der Waals surface area contributed by atoms with E-state index in [1.54, 1.807) is 4.90 Å². The number of urea groups is 1. The van der Waals surface area contributed by atoms with Gasteiger partial charge in [-0.25, -0.2) is 31.7 Å². The van der Waals surface area contributed by atoms with E-state index in [0.717, 1.165) is 12.8 Å². The smallest absolute Gasteiger partial charge is 0.319 e. The maximum atomic E-state index is 14.0. The molecule has 3 amide bonds. The molecule has 5 aliphatic rings. The van der Waals surface area contributed by atoms with Gasteiger partial charge >= 0.3 is 6.03 Å². The summed E-state index contributed by atoms with van der Waals surface area (Å²) in [7, 11) is -1.92. The number of nitrogens with zero attached hydrogens (tertiary/aromatic N) is 3. The Bertz CT molecular complexity index is 966. The van der Waals surface area contributed by atoms with Crippen LogP contribution in [0, 0.1) is 11.8 Å². The molecule has 0 radical (unpaired) electrons. The van der Waals surface area contributed by atoms with Crippen molar-refractivity contribution < 1.29 is 26.8 Å². The van der Waals surface area contributed by atoms with Crippen LogP contribution >= 0.6 is 0 Å². The highest BCUT2D eigenvalue weighted by Gasteiger charge is 2.53. The van der Waals surface area contributed by atoms with Crippen molar-refractivity contribution >= 4 is 22.0 Å². The molecular formula is C23H38F2N6O4S. The van der Waals surface area contributed by atoms with Gasteiger partial charge in [0.25, 0.3) is 0 Å². The molecule has 204 valence electrons. The van der Waals surface area contributed by atoms with Crippen LogP contribution in [-0.2, 0) is 14.8 Å². The number of carbonyl (C=O) groups excluding carboxylic acids is 2. The van der Waals surface area contributed by atoms with Crippen molar-refractivity contribution in [2.45, 2.75) is 80.5 Å². The lowest BCUT2D eigenvalue weighted by atomic mass is 9.80. The Morgan fingerprint density at radius 2 is 1.92 bits per heavy atom. The summed E-state index contributed by atoms with van der Waals surface area (Å²) in [6.45, 7) is 1.12. The van der Waals surface area contributed by atoms with Crippen molar-refractivity contribution in [3.05, 3.63) is 0 Å². The molecule has 13 heteroatoms. The molecule has 3 aliphatic heterocycles. The fourth-order valence-electron chi connectivity index (χ4n) is 6.34. The number of carbonyl (C=O) groups is 2. The lowest BCUT2D eigenvalue weighted by Crippen LogP contribution is -2.66. The molecule has 0 bridgehead atoms. The number of piperidine rings is 1. The van der Waals surface area contributed by atoms with Crippen LogP contribution in [0.1, 0.15) is 51.4 Å². The highest BCUT2D eigenvalue weighted by Crippen LogP contribution is 2.41. The van der Waals surface area contributed by atoms with E-state index in [1.165, 1.54) is 4.90 Å². The minimum atomic E-state index is -3.82. The Morgan fingerprint density at radius 3 is 2.56 bits per heavy atom. The molecule has 5 rings (SSSR count). The van der Waals surface area contributed by atoms with E-state index in [1.807, 2.05) is 12.1 Å². The van der Waals surface area contributed by atoms with Gasteiger partial charge in [-0.05, 0) is 51.4 Å². The van der Waals surface area contributed by atoms with Gasteiger partial charge in [0.2, 0.25) is 15.9 Å². The zero-order chi connectivity index (χ0) is 25.7. The van der Waals surface area contributed by atoms with Gasteiger partial charge in [-0.3, -0.25) is 20.4 Å². The SMILES string of the molecule is CN1CC(CN2C(=O)C3CC(S(=O)(=O)NC4(CF)CC4)CCC3N(CC3CCCC(F)N3)C2=O)CN1. The monoisotopic (exact) mass is 532 g/mol. The molecule has 2 saturated carbocycles. The minimum Gasteiger partial charge on any atom is -0.319 e. The number of alkyl halides is 2. The van der Waals surface area contributed by atoms with Gasteiger partial charge in [0.05, 0.1) is 16.7 Å². The quantitative estimate of drug-likeness (QED) is 0.395. The van der Waals surface area contributed by atoms with Crippen LogP contribution in [0.2, 0.25) is 0 Å². The number of hydrogen-bond donors (Lipinski definition) is 3. The van der Waals surface area contributed by atoms with Crippen molar-refractivity contribution in [3.8, 4) is 0 Å². The largest absolute Gasteiger partial charge is 0.327 e. The summed E-state index contributed by atoms with van der Waals surface area (Å²) in [6, 6.07) is -1.00. The molecule has 3 saturated heterocycles. The molecule has 36 heavy (non-hydrogen) atoms. The van der Waals surface area contributed by atoms with E-state index < -0.39 is 45.7 Å². The van der Waals surface area contributed by atoms with Crippen LogP contribution in [0.15, 0.2) is 0 Å². The lowest BCUT2D eigenvalue weighted by molar-refractivity contribution is -0.141. The molecule has 3 N–H and O–H groups in total. The third-order valence-electron chi connectivity index (χ3n) is 8.60. The van der Waals surface area contributed by atoms with Gasteiger partial charge < -0.3 is 4.90 Å². The summed E-state index contributed by atoms with van der Waals surface area (Å²) in [5.74, 6) is -0.925. The fraction of sp³-hybridized carbons (Fsp3) is 0.913. The van der Waals surface area contributed by atoms with Gasteiger partial charge in [-0.2, -0.15) is 0 Å². The Labute approximate surface area is 211 Å². The second-order valence-corrected chi connectivity index (χ2v) is 13.4. The number of hydrogen-bond acceptors (Lipinski definition) is 7. The van der Waals surface area contributed by atoms with Crippen LogP contribution in [0.5, 0.6) is 0 Å². The number of imide groups is 1. The molecule has 6 unspecified atom stereocenters. The normalized spacial score (nSPS) is 37.3. The number of hydrazine groups is 1. The Kier molecular flexibility index (Phi) is 7.31.